The first-order valence-electron chi connectivity index (χ1n) is 11.9. The minimum Gasteiger partial charge on any atom is -0.507 e. The van der Waals surface area contributed by atoms with Gasteiger partial charge in [-0.2, -0.15) is 0 Å². The van der Waals surface area contributed by atoms with E-state index in [-0.39, 0.29) is 10.8 Å². The lowest BCUT2D eigenvalue weighted by Gasteiger charge is -2.33. The molecule has 0 saturated carbocycles. The molecule has 1 aromatic carbocycles. The second kappa shape index (κ2) is 9.88. The van der Waals surface area contributed by atoms with E-state index in [1.807, 2.05) is 0 Å². The van der Waals surface area contributed by atoms with Gasteiger partial charge in [0.2, 0.25) is 0 Å². The van der Waals surface area contributed by atoms with Crippen molar-refractivity contribution < 1.29 is 5.11 Å². The fraction of sp³-hybridized carbons (Fsp3) is 0.786. The van der Waals surface area contributed by atoms with Crippen LogP contribution in [0.1, 0.15) is 105 Å². The summed E-state index contributed by atoms with van der Waals surface area (Å²) in [4.78, 5) is 0. The van der Waals surface area contributed by atoms with Crippen LogP contribution in [0.4, 0.5) is 0 Å². The summed E-state index contributed by atoms with van der Waals surface area (Å²) >= 11 is 0. The molecule has 1 unspecified atom stereocenters. The van der Waals surface area contributed by atoms with E-state index in [4.69, 9.17) is 0 Å². The first kappa shape index (κ1) is 27.4. The number of rotatable bonds is 8. The van der Waals surface area contributed by atoms with Crippen molar-refractivity contribution in [1.82, 2.24) is 0 Å². The molecule has 2 heteroatoms. The molecule has 0 saturated heterocycles. The van der Waals surface area contributed by atoms with Gasteiger partial charge in [0.15, 0.2) is 0 Å². The van der Waals surface area contributed by atoms with Gasteiger partial charge in [0.1, 0.15) is 5.75 Å². The molecular weight excluding hydrogens is 384 g/mol. The van der Waals surface area contributed by atoms with E-state index < -0.39 is 10.0 Å². The Bertz CT molecular complexity index is 645. The highest BCUT2D eigenvalue weighted by Gasteiger charge is 2.27. The third-order valence-electron chi connectivity index (χ3n) is 6.79. The van der Waals surface area contributed by atoms with E-state index in [1.165, 1.54) is 36.3 Å². The first-order chi connectivity index (χ1) is 13.3. The van der Waals surface area contributed by atoms with Crippen LogP contribution in [0.3, 0.4) is 0 Å². The van der Waals surface area contributed by atoms with Crippen LogP contribution in [0.2, 0.25) is 0 Å². The van der Waals surface area contributed by atoms with Gasteiger partial charge in [-0.1, -0.05) is 94.2 Å². The maximum absolute atomic E-state index is 11.0. The molecule has 1 atom stereocenters. The van der Waals surface area contributed by atoms with E-state index in [1.54, 1.807) is 0 Å². The van der Waals surface area contributed by atoms with Gasteiger partial charge >= 0.3 is 0 Å². The second-order valence-corrected chi connectivity index (χ2v) is 17.6. The third kappa shape index (κ3) is 8.48. The fourth-order valence-electron chi connectivity index (χ4n) is 3.85. The number of unbranched alkanes of at least 4 members (excludes halogenated alkanes) is 1. The summed E-state index contributed by atoms with van der Waals surface area (Å²) in [5.41, 5.74) is 3.90. The third-order valence-corrected chi connectivity index (χ3v) is 9.49. The van der Waals surface area contributed by atoms with Crippen molar-refractivity contribution in [2.24, 2.45) is 11.3 Å². The molecule has 0 radical (unpaired) electrons. The molecule has 0 spiro atoms. The lowest BCUT2D eigenvalue weighted by molar-refractivity contribution is 0.242. The van der Waals surface area contributed by atoms with Crippen molar-refractivity contribution in [2.45, 2.75) is 106 Å². The van der Waals surface area contributed by atoms with Crippen molar-refractivity contribution >= 4 is 10.0 Å². The molecule has 0 amide bonds. The monoisotopic (exact) mass is 436 g/mol. The minimum absolute atomic E-state index is 0.0494. The Balaban J connectivity index is 2.83. The normalized spacial score (nSPS) is 15.3. The smallest absolute Gasteiger partial charge is 0.123 e. The number of hydrogen-bond acceptors (Lipinski definition) is 1. The predicted molar refractivity (Wildman–Crippen MR) is 141 cm³/mol. The van der Waals surface area contributed by atoms with Gasteiger partial charge in [0.25, 0.3) is 0 Å². The highest BCUT2D eigenvalue weighted by Crippen LogP contribution is 2.44. The number of hydrogen-bond donors (Lipinski definition) is 1. The number of benzene rings is 1. The Morgan fingerprint density at radius 2 is 1.27 bits per heavy atom. The molecule has 0 bridgehead atoms. The van der Waals surface area contributed by atoms with Crippen LogP contribution in [0.25, 0.3) is 0 Å². The topological polar surface area (TPSA) is 20.2 Å². The molecule has 30 heavy (non-hydrogen) atoms. The minimum atomic E-state index is -0.582. The van der Waals surface area contributed by atoms with Gasteiger partial charge in [-0.05, 0) is 75.7 Å². The van der Waals surface area contributed by atoms with Gasteiger partial charge in [0, 0.05) is 0 Å². The van der Waals surface area contributed by atoms with E-state index in [0.29, 0.717) is 11.2 Å². The average Bonchev–Trinajstić information content (AvgIpc) is 2.54. The molecule has 0 aromatic heterocycles. The Morgan fingerprint density at radius 1 is 0.800 bits per heavy atom. The fourth-order valence-corrected chi connectivity index (χ4v) is 5.83. The van der Waals surface area contributed by atoms with Crippen LogP contribution >= 0.6 is 10.0 Å². The summed E-state index contributed by atoms with van der Waals surface area (Å²) < 4.78 is 0. The molecule has 1 aromatic rings. The Morgan fingerprint density at radius 3 is 1.67 bits per heavy atom. The molecule has 0 heterocycles. The molecule has 1 N–H and O–H groups in total. The average molecular weight is 437 g/mol. The molecule has 0 aliphatic rings. The molecule has 0 aliphatic carbocycles. The van der Waals surface area contributed by atoms with Gasteiger partial charge in [0.05, 0.1) is 0 Å². The van der Waals surface area contributed by atoms with E-state index >= 15 is 0 Å². The predicted octanol–water partition coefficient (Wildman–Crippen LogP) is 8.45. The first-order valence-corrected chi connectivity index (χ1v) is 14.7. The number of phenols is 1. The summed E-state index contributed by atoms with van der Waals surface area (Å²) in [7, 11) is -0.582. The quantitative estimate of drug-likeness (QED) is 0.405. The summed E-state index contributed by atoms with van der Waals surface area (Å²) in [6.07, 6.45) is 10.2. The highest BCUT2D eigenvalue weighted by atomic mass is 32.3. The zero-order valence-corrected chi connectivity index (χ0v) is 23.1. The van der Waals surface area contributed by atoms with Gasteiger partial charge in [-0.25, -0.2) is 10.0 Å². The summed E-state index contributed by atoms with van der Waals surface area (Å²) in [6, 6.07) is 4.54. The van der Waals surface area contributed by atoms with Crippen molar-refractivity contribution in [3.05, 3.63) is 28.8 Å². The van der Waals surface area contributed by atoms with Crippen molar-refractivity contribution in [3.8, 4) is 5.75 Å². The molecule has 0 fully saturated rings. The largest absolute Gasteiger partial charge is 0.507 e. The zero-order chi connectivity index (χ0) is 23.5. The Kier molecular flexibility index (Phi) is 9.03. The number of aromatic hydroxyl groups is 1. The van der Waals surface area contributed by atoms with Gasteiger partial charge in [-0.3, -0.25) is 0 Å². The van der Waals surface area contributed by atoms with Gasteiger partial charge in [-0.15, -0.1) is 0 Å². The molecule has 1 nitrogen and oxygen atoms in total. The lowest BCUT2D eigenvalue weighted by atomic mass is 9.78. The van der Waals surface area contributed by atoms with Crippen molar-refractivity contribution in [3.63, 3.8) is 0 Å². The molecule has 176 valence electrons. The Labute approximate surface area is 190 Å². The lowest BCUT2D eigenvalue weighted by Crippen LogP contribution is -2.18. The molecule has 0 aliphatic heterocycles. The van der Waals surface area contributed by atoms with Crippen LogP contribution in [0, 0.1) is 11.3 Å². The number of aryl methyl sites for hydroxylation is 1. The molecule has 1 rings (SSSR count). The van der Waals surface area contributed by atoms with Crippen LogP contribution < -0.4 is 0 Å². The van der Waals surface area contributed by atoms with E-state index in [0.717, 1.165) is 23.5 Å². The summed E-state index contributed by atoms with van der Waals surface area (Å²) in [6.45, 7) is 22.7. The standard InChI is InChI=1S/C28H52OS/c1-21(26(2,3)4)15-13-14-17-30(11,12)18-16-22-19-23(27(5,6)7)25(29)24(20-22)28(8,9)10/h19-21,29H,13-18H2,1-12H3. The van der Waals surface area contributed by atoms with Gasteiger partial charge < -0.3 is 5.11 Å². The molecular formula is C28H52OS. The van der Waals surface area contributed by atoms with Crippen molar-refractivity contribution in [2.75, 3.05) is 24.0 Å². The maximum atomic E-state index is 11.0. The van der Waals surface area contributed by atoms with Crippen molar-refractivity contribution in [1.29, 1.82) is 0 Å². The number of phenolic OH excluding ortho intramolecular Hbond substituents is 1. The van der Waals surface area contributed by atoms with Crippen LogP contribution in [-0.4, -0.2) is 29.1 Å². The summed E-state index contributed by atoms with van der Waals surface area (Å²) in [5.74, 6) is 3.94. The van der Waals surface area contributed by atoms with Crippen LogP contribution in [-0.2, 0) is 17.3 Å². The highest BCUT2D eigenvalue weighted by molar-refractivity contribution is 8.32. The maximum Gasteiger partial charge on any atom is 0.123 e. The van der Waals surface area contributed by atoms with E-state index in [2.05, 4.69) is 93.9 Å². The summed E-state index contributed by atoms with van der Waals surface area (Å²) in [5, 5.41) is 11.0. The SMILES string of the molecule is CC(CCCCS(C)(C)CCc1cc(C(C)(C)C)c(O)c(C(C)(C)C)c1)C(C)(C)C. The van der Waals surface area contributed by atoms with Crippen LogP contribution in [0.5, 0.6) is 5.75 Å². The van der Waals surface area contributed by atoms with Crippen LogP contribution in [0.15, 0.2) is 12.1 Å². The zero-order valence-electron chi connectivity index (χ0n) is 22.3. The second-order valence-electron chi connectivity index (χ2n) is 13.2. The van der Waals surface area contributed by atoms with E-state index in [9.17, 15) is 5.11 Å². The Hall–Kier alpha value is -0.630.